The quantitative estimate of drug-likeness (QED) is 0.151. The average Bonchev–Trinajstić information content (AvgIpc) is 3.57. The van der Waals surface area contributed by atoms with Crippen molar-refractivity contribution in [1.29, 1.82) is 5.41 Å². The van der Waals surface area contributed by atoms with Crippen molar-refractivity contribution in [2.24, 2.45) is 5.73 Å². The van der Waals surface area contributed by atoms with Crippen LogP contribution in [0.1, 0.15) is 17.5 Å². The molecule has 1 saturated heterocycles. The number of hydrogen-bond donors (Lipinski definition) is 5. The predicted molar refractivity (Wildman–Crippen MR) is 142 cm³/mol. The first-order valence-electron chi connectivity index (χ1n) is 10.8. The lowest BCUT2D eigenvalue weighted by atomic mass is 10.1. The normalized spacial score (nSPS) is 15.6. The number of thiophene rings is 2. The molecule has 1 fully saturated rings. The van der Waals surface area contributed by atoms with Crippen molar-refractivity contribution >= 4 is 67.7 Å². The van der Waals surface area contributed by atoms with Crippen molar-refractivity contribution < 1.29 is 36.3 Å². The number of carbonyl (C=O) groups excluding carboxylic acids is 1. The number of alkyl halides is 3. The van der Waals surface area contributed by atoms with Gasteiger partial charge >= 0.3 is 12.1 Å². The van der Waals surface area contributed by atoms with E-state index < -0.39 is 28.2 Å². The summed E-state index contributed by atoms with van der Waals surface area (Å²) in [5.74, 6) is -3.17. The minimum atomic E-state index is -5.08. The van der Waals surface area contributed by atoms with Crippen LogP contribution in [0.15, 0.2) is 46.7 Å². The first-order chi connectivity index (χ1) is 18.1. The molecule has 0 radical (unpaired) electrons. The zero-order valence-electron chi connectivity index (χ0n) is 19.7. The number of benzene rings is 1. The molecule has 0 spiro atoms. The number of amidine groups is 1. The Balaban J connectivity index is 0.000000532. The van der Waals surface area contributed by atoms with Gasteiger partial charge < -0.3 is 21.5 Å². The molecule has 39 heavy (non-hydrogen) atoms. The average molecular weight is 624 g/mol. The van der Waals surface area contributed by atoms with E-state index >= 15 is 0 Å². The number of nitrogens with zero attached hydrogens (tertiary/aromatic N) is 1. The number of carboxylic acids is 1. The monoisotopic (exact) mass is 623 g/mol. The van der Waals surface area contributed by atoms with Gasteiger partial charge in [0.2, 0.25) is 5.91 Å². The summed E-state index contributed by atoms with van der Waals surface area (Å²) in [4.78, 5) is 25.0. The summed E-state index contributed by atoms with van der Waals surface area (Å²) in [5, 5.41) is 14.7. The van der Waals surface area contributed by atoms with Crippen LogP contribution in [-0.2, 0) is 26.2 Å². The van der Waals surface area contributed by atoms with Crippen molar-refractivity contribution in [3.8, 4) is 9.75 Å². The largest absolute Gasteiger partial charge is 0.490 e. The van der Waals surface area contributed by atoms with Gasteiger partial charge in [0.15, 0.2) is 0 Å². The third kappa shape index (κ3) is 7.69. The summed E-state index contributed by atoms with van der Waals surface area (Å²) in [6.07, 6.45) is -4.73. The van der Waals surface area contributed by atoms with Crippen LogP contribution in [0.25, 0.3) is 9.75 Å². The molecular formula is C22H21ClF3N5O5S3. The number of nitrogen functional groups attached to an aromatic ring is 2. The molecule has 4 rings (SSSR count). The van der Waals surface area contributed by atoms with Crippen LogP contribution in [0.4, 0.5) is 18.9 Å². The van der Waals surface area contributed by atoms with Gasteiger partial charge in [-0.05, 0) is 54.4 Å². The highest BCUT2D eigenvalue weighted by Crippen LogP contribution is 2.37. The molecule has 3 aromatic rings. The topological polar surface area (TPSA) is 180 Å². The number of amides is 1. The second-order valence-corrected chi connectivity index (χ2v) is 12.8. The Bertz CT molecular complexity index is 1510. The minimum Gasteiger partial charge on any atom is -0.475 e. The molecule has 7 N–H and O–H groups in total. The van der Waals surface area contributed by atoms with E-state index in [0.29, 0.717) is 34.1 Å². The molecule has 2 aromatic heterocycles. The summed E-state index contributed by atoms with van der Waals surface area (Å²) in [6.45, 7) is 0.603. The maximum absolute atomic E-state index is 12.9. The molecule has 0 bridgehead atoms. The second kappa shape index (κ2) is 11.9. The number of halogens is 4. The number of nitrogens with one attached hydrogen (secondary N) is 2. The number of rotatable bonds is 7. The molecule has 1 aromatic carbocycles. The highest BCUT2D eigenvalue weighted by atomic mass is 35.5. The van der Waals surface area contributed by atoms with Crippen molar-refractivity contribution in [3.63, 3.8) is 0 Å². The van der Waals surface area contributed by atoms with Crippen LogP contribution >= 0.6 is 34.3 Å². The molecule has 17 heteroatoms. The van der Waals surface area contributed by atoms with Gasteiger partial charge in [-0.15, -0.1) is 22.7 Å². The molecule has 3 heterocycles. The van der Waals surface area contributed by atoms with E-state index in [-0.39, 0.29) is 22.5 Å². The molecule has 210 valence electrons. The van der Waals surface area contributed by atoms with Gasteiger partial charge in [0, 0.05) is 34.1 Å². The van der Waals surface area contributed by atoms with Crippen LogP contribution in [-0.4, -0.2) is 54.9 Å². The zero-order valence-corrected chi connectivity index (χ0v) is 22.9. The first-order valence-corrected chi connectivity index (χ1v) is 14.3. The highest BCUT2D eigenvalue weighted by Gasteiger charge is 2.38. The number of hydrogen-bond acceptors (Lipinski definition) is 8. The fourth-order valence-corrected chi connectivity index (χ4v) is 7.09. The Kier molecular flexibility index (Phi) is 9.27. The number of likely N-dealkylation sites (tertiary alicyclic amines) is 1. The lowest BCUT2D eigenvalue weighted by Crippen LogP contribution is -2.41. The maximum atomic E-state index is 12.9. The van der Waals surface area contributed by atoms with E-state index in [4.69, 9.17) is 38.4 Å². The Morgan fingerprint density at radius 3 is 2.36 bits per heavy atom. The molecule has 1 aliphatic heterocycles. The van der Waals surface area contributed by atoms with Gasteiger partial charge in [0.1, 0.15) is 16.1 Å². The standard InChI is InChI=1S/C20H20ClN5O3S3.C2HF3O2/c21-17-5-3-15(30-17)16-4-6-18(31-16)32(28,29)25-14-7-8-26(20(14)27)10-12-9-11(19(23)24)1-2-13(12)22;3-2(4,5)1(6)7/h1-6,9,14,25H,7-8,10,22H2,(H3,23,24);(H,6,7)/t14-;/m0./s1. The first kappa shape index (κ1) is 30.4. The molecule has 0 aliphatic carbocycles. The Morgan fingerprint density at radius 2 is 1.79 bits per heavy atom. The lowest BCUT2D eigenvalue weighted by molar-refractivity contribution is -0.192. The van der Waals surface area contributed by atoms with Gasteiger partial charge in [-0.1, -0.05) is 11.6 Å². The minimum absolute atomic E-state index is 0.0928. The van der Waals surface area contributed by atoms with Crippen molar-refractivity contribution in [2.75, 3.05) is 12.3 Å². The third-order valence-corrected chi connectivity index (χ3v) is 9.79. The fourth-order valence-electron chi connectivity index (χ4n) is 3.41. The van der Waals surface area contributed by atoms with Gasteiger partial charge in [-0.25, -0.2) is 13.2 Å². The number of carbonyl (C=O) groups is 2. The van der Waals surface area contributed by atoms with Crippen molar-refractivity contribution in [3.05, 3.63) is 57.9 Å². The van der Waals surface area contributed by atoms with E-state index in [9.17, 15) is 26.4 Å². The Labute approximate surface area is 233 Å². The summed E-state index contributed by atoms with van der Waals surface area (Å²) >= 11 is 8.47. The molecule has 1 aliphatic rings. The van der Waals surface area contributed by atoms with Crippen LogP contribution in [0.2, 0.25) is 4.34 Å². The van der Waals surface area contributed by atoms with E-state index in [0.717, 1.165) is 21.1 Å². The Hall–Kier alpha value is -3.18. The third-order valence-electron chi connectivity index (χ3n) is 5.31. The van der Waals surface area contributed by atoms with Crippen LogP contribution in [0.5, 0.6) is 0 Å². The molecule has 1 amide bonds. The molecule has 1 atom stereocenters. The second-order valence-electron chi connectivity index (χ2n) is 8.07. The van der Waals surface area contributed by atoms with Gasteiger partial charge in [0.05, 0.1) is 4.34 Å². The SMILES string of the molecule is N=C(N)c1ccc(N)c(CN2CC[C@H](NS(=O)(=O)c3ccc(-c4ccc(Cl)s4)s3)C2=O)c1.O=C(O)C(F)(F)F. The van der Waals surface area contributed by atoms with Gasteiger partial charge in [0.25, 0.3) is 10.0 Å². The smallest absolute Gasteiger partial charge is 0.475 e. The van der Waals surface area contributed by atoms with Crippen LogP contribution in [0, 0.1) is 5.41 Å². The van der Waals surface area contributed by atoms with Crippen LogP contribution < -0.4 is 16.2 Å². The number of sulfonamides is 1. The summed E-state index contributed by atoms with van der Waals surface area (Å²) in [5.41, 5.74) is 13.2. The maximum Gasteiger partial charge on any atom is 0.490 e. The molecule has 0 saturated carbocycles. The number of nitrogens with two attached hydrogens (primary N) is 2. The van der Waals surface area contributed by atoms with Crippen molar-refractivity contribution in [2.45, 2.75) is 29.4 Å². The summed E-state index contributed by atoms with van der Waals surface area (Å²) < 4.78 is 60.8. The van der Waals surface area contributed by atoms with Gasteiger partial charge in [-0.3, -0.25) is 10.2 Å². The Morgan fingerprint density at radius 1 is 1.18 bits per heavy atom. The van der Waals surface area contributed by atoms with Crippen molar-refractivity contribution in [1.82, 2.24) is 9.62 Å². The van der Waals surface area contributed by atoms with E-state index in [1.165, 1.54) is 17.4 Å². The summed E-state index contributed by atoms with van der Waals surface area (Å²) in [6, 6.07) is 11.0. The van der Waals surface area contributed by atoms with Gasteiger partial charge in [-0.2, -0.15) is 17.9 Å². The number of carboxylic acid groups (broad SMARTS) is 1. The van der Waals surface area contributed by atoms with E-state index in [2.05, 4.69) is 4.72 Å². The molecular weight excluding hydrogens is 603 g/mol. The van der Waals surface area contributed by atoms with Crippen LogP contribution in [0.3, 0.4) is 0 Å². The van der Waals surface area contributed by atoms with E-state index in [1.54, 1.807) is 35.2 Å². The predicted octanol–water partition coefficient (Wildman–Crippen LogP) is 3.71. The molecule has 0 unspecified atom stereocenters. The summed E-state index contributed by atoms with van der Waals surface area (Å²) in [7, 11) is -3.86. The molecule has 10 nitrogen and oxygen atoms in total. The fraction of sp³-hybridized carbons (Fsp3) is 0.227. The number of aliphatic carboxylic acids is 1. The number of anilines is 1. The zero-order chi connectivity index (χ0) is 29.1. The highest BCUT2D eigenvalue weighted by molar-refractivity contribution is 7.91. The van der Waals surface area contributed by atoms with E-state index in [1.807, 2.05) is 6.07 Å². The lowest BCUT2D eigenvalue weighted by Gasteiger charge is -2.19.